The molecule has 2 aromatic carbocycles. The number of hydrogen-bond acceptors (Lipinski definition) is 6. The molecule has 7 fully saturated rings. The number of benzene rings is 2. The fourth-order valence-corrected chi connectivity index (χ4v) is 5.88. The van der Waals surface area contributed by atoms with Gasteiger partial charge in [0.15, 0.2) is 0 Å². The molecule has 10 nitrogen and oxygen atoms in total. The first-order chi connectivity index (χ1) is 13.6. The summed E-state index contributed by atoms with van der Waals surface area (Å²) in [6.07, 6.45) is -1.38. The number of halogens is 2. The predicted molar refractivity (Wildman–Crippen MR) is 123 cm³/mol. The number of hydrogen-bond donors (Lipinski definition) is 0. The molecule has 6 saturated heterocycles. The zero-order valence-electron chi connectivity index (χ0n) is 18.4. The Hall–Kier alpha value is 2.40. The summed E-state index contributed by atoms with van der Waals surface area (Å²) in [4.78, 5) is 0. The summed E-state index contributed by atoms with van der Waals surface area (Å²) >= 11 is 6.93. The van der Waals surface area contributed by atoms with E-state index < -0.39 is 13.5 Å². The van der Waals surface area contributed by atoms with Crippen molar-refractivity contribution in [1.29, 1.82) is 0 Å². The Kier molecular flexibility index (Phi) is 12.4. The molecule has 2 aromatic rings. The first-order valence-electron chi connectivity index (χ1n) is 9.43. The molecule has 7 aliphatic rings. The van der Waals surface area contributed by atoms with E-state index in [9.17, 15) is 0 Å². The third-order valence-electron chi connectivity index (χ3n) is 6.52. The van der Waals surface area contributed by atoms with Crippen LogP contribution in [0, 0.1) is 0 Å². The fourth-order valence-electron chi connectivity index (χ4n) is 5.35. The van der Waals surface area contributed by atoms with E-state index in [2.05, 4.69) is 31.9 Å². The van der Waals surface area contributed by atoms with Gasteiger partial charge in [0.2, 0.25) is 0 Å². The fraction of sp³-hybridized carbons (Fsp3) is 0.333. The van der Waals surface area contributed by atoms with Crippen molar-refractivity contribution in [2.75, 3.05) is 0 Å². The Labute approximate surface area is 297 Å². The van der Waals surface area contributed by atoms with Gasteiger partial charge in [0, 0.05) is 8.95 Å². The maximum absolute atomic E-state index is 6.37. The predicted octanol–water partition coefficient (Wildman–Crippen LogP) is -7.71. The molecule has 0 spiro atoms. The molecule has 176 valence electrons. The molecule has 6 aliphatic heterocycles. The quantitative estimate of drug-likeness (QED) is 0.289. The van der Waals surface area contributed by atoms with Crippen molar-refractivity contribution in [3.63, 3.8) is 0 Å². The Balaban J connectivity index is 0.000000963. The van der Waals surface area contributed by atoms with Crippen LogP contribution in [0.3, 0.4) is 0 Å². The molecular formula is C18H22B2Br2K2O10. The second-order valence-corrected chi connectivity index (χ2v) is 9.82. The van der Waals surface area contributed by atoms with Crippen molar-refractivity contribution in [3.8, 4) is 0 Å². The van der Waals surface area contributed by atoms with Gasteiger partial charge in [-0.3, -0.25) is 0 Å². The molecule has 0 amide bonds. The molecule has 0 atom stereocenters. The Morgan fingerprint density at radius 3 is 0.853 bits per heavy atom. The van der Waals surface area contributed by atoms with E-state index in [0.717, 1.165) is 19.9 Å². The molecule has 16 heteroatoms. The monoisotopic (exact) mass is 656 g/mol. The maximum atomic E-state index is 6.37. The minimum atomic E-state index is -2.03. The smallest absolute Gasteiger partial charge is 0.534 e. The van der Waals surface area contributed by atoms with E-state index in [-0.39, 0.29) is 161 Å². The van der Waals surface area contributed by atoms with Crippen LogP contribution in [0.25, 0.3) is 0 Å². The molecule has 8 N–H and O–H groups in total. The van der Waals surface area contributed by atoms with E-state index in [1.54, 1.807) is 0 Å². The van der Waals surface area contributed by atoms with Crippen molar-refractivity contribution in [1.82, 2.24) is 0 Å². The first kappa shape index (κ1) is 34.4. The standard InChI is InChI=1S/C18H14B2Br2O6.2K.4H2O/c21-11-5-1-9(2-6-11)19-23-13-16-14(24-19)18-15(25-19)17(13)27-20(26-16,28-18)10-3-7-12(22)8-4-10;;;;;;/h1-8,13-18H;;;4*1H2/q-2;2*+1;;;;. The van der Waals surface area contributed by atoms with Gasteiger partial charge >= 0.3 is 116 Å². The first-order valence-corrected chi connectivity index (χ1v) is 11.0. The number of rotatable bonds is 2. The van der Waals surface area contributed by atoms with Gasteiger partial charge in [-0.1, -0.05) is 80.4 Å². The van der Waals surface area contributed by atoms with Crippen LogP contribution in [-0.2, 0) is 27.9 Å². The van der Waals surface area contributed by atoms with Crippen LogP contribution in [0.5, 0.6) is 0 Å². The van der Waals surface area contributed by atoms with E-state index in [0.29, 0.717) is 0 Å². The third-order valence-corrected chi connectivity index (χ3v) is 7.57. The molecular weight excluding hydrogens is 636 g/mol. The zero-order valence-corrected chi connectivity index (χ0v) is 27.9. The van der Waals surface area contributed by atoms with Gasteiger partial charge in [0.1, 0.15) is 0 Å². The largest absolute Gasteiger partial charge is 1.00 e. The normalized spacial score (nSPS) is 38.8. The van der Waals surface area contributed by atoms with Crippen molar-refractivity contribution in [3.05, 3.63) is 57.5 Å². The van der Waals surface area contributed by atoms with Crippen LogP contribution in [0.2, 0.25) is 0 Å². The van der Waals surface area contributed by atoms with Gasteiger partial charge in [0.05, 0.1) is 36.6 Å². The Bertz CT molecular complexity index is 847. The van der Waals surface area contributed by atoms with Crippen LogP contribution in [0.4, 0.5) is 0 Å². The SMILES string of the molecule is Brc1ccc([B-]23OC4C5O[B-]6(c7ccc(Br)cc7)OC4C(O2)C(O6)C5O3)cc1.O.O.O.O.[K+].[K+]. The van der Waals surface area contributed by atoms with Crippen molar-refractivity contribution in [2.24, 2.45) is 0 Å². The minimum absolute atomic E-state index is 0. The van der Waals surface area contributed by atoms with Crippen LogP contribution in [0.15, 0.2) is 57.5 Å². The van der Waals surface area contributed by atoms with E-state index >= 15 is 0 Å². The molecule has 0 aromatic heterocycles. The van der Waals surface area contributed by atoms with Crippen molar-refractivity contribution < 1.29 is 153 Å². The van der Waals surface area contributed by atoms with Gasteiger partial charge in [-0.15, -0.1) is 10.9 Å². The Morgan fingerprint density at radius 2 is 0.647 bits per heavy atom. The summed E-state index contributed by atoms with van der Waals surface area (Å²) in [6.45, 7) is -4.06. The molecule has 0 radical (unpaired) electrons. The van der Waals surface area contributed by atoms with E-state index in [4.69, 9.17) is 27.9 Å². The average molecular weight is 658 g/mol. The average Bonchev–Trinajstić information content (AvgIpc) is 2.72. The van der Waals surface area contributed by atoms with Gasteiger partial charge in [0.25, 0.3) is 0 Å². The second-order valence-electron chi connectivity index (χ2n) is 7.99. The molecule has 9 rings (SSSR count). The van der Waals surface area contributed by atoms with E-state index in [1.807, 2.05) is 48.5 Å². The molecule has 0 unspecified atom stereocenters. The molecule has 8 bridgehead atoms. The third kappa shape index (κ3) is 4.91. The second kappa shape index (κ2) is 12.3. The van der Waals surface area contributed by atoms with Crippen LogP contribution in [-0.4, -0.2) is 72.0 Å². The topological polar surface area (TPSA) is 181 Å². The molecule has 1 saturated carbocycles. The van der Waals surface area contributed by atoms with Gasteiger partial charge in [-0.2, -0.15) is 0 Å². The zero-order chi connectivity index (χ0) is 18.7. The summed E-state index contributed by atoms with van der Waals surface area (Å²) in [6, 6.07) is 15.7. The maximum Gasteiger partial charge on any atom is 1.00 e. The van der Waals surface area contributed by atoms with Crippen LogP contribution < -0.4 is 114 Å². The molecule has 34 heavy (non-hydrogen) atoms. The summed E-state index contributed by atoms with van der Waals surface area (Å²) < 4.78 is 40.2. The summed E-state index contributed by atoms with van der Waals surface area (Å²) in [5.41, 5.74) is 1.76. The van der Waals surface area contributed by atoms with Crippen molar-refractivity contribution in [2.45, 2.75) is 36.6 Å². The van der Waals surface area contributed by atoms with E-state index in [1.165, 1.54) is 0 Å². The minimum Gasteiger partial charge on any atom is -0.534 e. The van der Waals surface area contributed by atoms with Crippen LogP contribution >= 0.6 is 31.9 Å². The van der Waals surface area contributed by atoms with Gasteiger partial charge in [-0.25, -0.2) is 0 Å². The van der Waals surface area contributed by atoms with Gasteiger partial charge < -0.3 is 49.8 Å². The summed E-state index contributed by atoms with van der Waals surface area (Å²) in [7, 11) is 0. The molecule has 1 aliphatic carbocycles. The van der Waals surface area contributed by atoms with Crippen LogP contribution in [0.1, 0.15) is 0 Å². The van der Waals surface area contributed by atoms with Crippen molar-refractivity contribution >= 4 is 56.3 Å². The Morgan fingerprint density at radius 1 is 0.441 bits per heavy atom. The summed E-state index contributed by atoms with van der Waals surface area (Å²) in [5, 5.41) is 0. The molecule has 6 heterocycles. The summed E-state index contributed by atoms with van der Waals surface area (Å²) in [5.74, 6) is 0. The van der Waals surface area contributed by atoms with Gasteiger partial charge in [-0.05, 0) is 0 Å².